The van der Waals surface area contributed by atoms with Gasteiger partial charge in [-0.15, -0.1) is 0 Å². The van der Waals surface area contributed by atoms with Crippen molar-refractivity contribution in [2.24, 2.45) is 7.05 Å². The Labute approximate surface area is 170 Å². The number of aromatic nitrogens is 2. The number of urea groups is 1. The van der Waals surface area contributed by atoms with Gasteiger partial charge in [0.05, 0.1) is 16.6 Å². The van der Waals surface area contributed by atoms with E-state index in [1.54, 1.807) is 16.2 Å². The maximum Gasteiger partial charge on any atom is 0.328 e. The van der Waals surface area contributed by atoms with Gasteiger partial charge in [0.15, 0.2) is 0 Å². The lowest BCUT2D eigenvalue weighted by Gasteiger charge is -2.27. The lowest BCUT2D eigenvalue weighted by molar-refractivity contribution is 0.229. The van der Waals surface area contributed by atoms with Crippen molar-refractivity contribution >= 4 is 22.6 Å². The minimum absolute atomic E-state index is 0.0923. The third kappa shape index (κ3) is 4.26. The predicted molar refractivity (Wildman–Crippen MR) is 118 cm³/mol. The number of fused-ring (bicyclic) bond motifs is 1. The van der Waals surface area contributed by atoms with E-state index < -0.39 is 5.54 Å². The summed E-state index contributed by atoms with van der Waals surface area (Å²) in [6, 6.07) is 15.4. The molecule has 0 aliphatic carbocycles. The number of imidazole rings is 1. The zero-order valence-electron chi connectivity index (χ0n) is 17.5. The quantitative estimate of drug-likeness (QED) is 0.673. The normalized spacial score (nSPS) is 11.4. The van der Waals surface area contributed by atoms with Crippen LogP contribution in [0.5, 0.6) is 0 Å². The number of carbonyl (C=O) groups excluding carboxylic acids is 1. The number of aryl methyl sites for hydroxylation is 1. The second-order valence-electron chi connectivity index (χ2n) is 7.85. The Hall–Kier alpha value is -3.28. The Balaban J connectivity index is 1.65. The standard InChI is InChI=1S/C23H28N4O2/c1-16(2)17-9-8-10-18(15-17)23(3,4)25-21(28)24-13-14-27-20-12-7-6-11-19(20)26(5)22(27)29/h6-12,15H,1,13-14H2,2-5H3,(H2,24,25,28). The van der Waals surface area contributed by atoms with Gasteiger partial charge in [-0.25, -0.2) is 9.59 Å². The molecule has 2 N–H and O–H groups in total. The molecule has 3 rings (SSSR count). The second kappa shape index (κ2) is 7.99. The maximum atomic E-state index is 12.5. The number of carbonyl (C=O) groups is 1. The van der Waals surface area contributed by atoms with Crippen molar-refractivity contribution in [2.75, 3.05) is 6.54 Å². The molecule has 0 atom stereocenters. The van der Waals surface area contributed by atoms with Crippen LogP contribution in [0.15, 0.2) is 59.9 Å². The fourth-order valence-corrected chi connectivity index (χ4v) is 3.43. The fraction of sp³-hybridized carbons (Fsp3) is 0.304. The van der Waals surface area contributed by atoms with Gasteiger partial charge in [-0.1, -0.05) is 42.5 Å². The summed E-state index contributed by atoms with van der Waals surface area (Å²) in [7, 11) is 1.75. The maximum absolute atomic E-state index is 12.5. The van der Waals surface area contributed by atoms with E-state index >= 15 is 0 Å². The molecule has 0 aliphatic rings. The van der Waals surface area contributed by atoms with Crippen molar-refractivity contribution in [3.8, 4) is 0 Å². The van der Waals surface area contributed by atoms with E-state index in [-0.39, 0.29) is 11.7 Å². The van der Waals surface area contributed by atoms with E-state index in [9.17, 15) is 9.59 Å². The third-order valence-electron chi connectivity index (χ3n) is 5.18. The Kier molecular flexibility index (Phi) is 5.64. The molecule has 29 heavy (non-hydrogen) atoms. The van der Waals surface area contributed by atoms with Crippen LogP contribution < -0.4 is 16.3 Å². The minimum atomic E-state index is -0.550. The molecule has 2 amide bonds. The van der Waals surface area contributed by atoms with Crippen LogP contribution in [0.2, 0.25) is 0 Å². The van der Waals surface area contributed by atoms with Crippen LogP contribution in [0.25, 0.3) is 16.6 Å². The number of nitrogens with zero attached hydrogens (tertiary/aromatic N) is 2. The summed E-state index contributed by atoms with van der Waals surface area (Å²) in [5, 5.41) is 5.87. The molecule has 6 heteroatoms. The summed E-state index contributed by atoms with van der Waals surface area (Å²) in [5.41, 5.74) is 4.12. The lowest BCUT2D eigenvalue weighted by atomic mass is 9.92. The average molecular weight is 393 g/mol. The molecule has 0 bridgehead atoms. The van der Waals surface area contributed by atoms with Crippen LogP contribution in [0.3, 0.4) is 0 Å². The molecule has 0 fully saturated rings. The minimum Gasteiger partial charge on any atom is -0.336 e. The van der Waals surface area contributed by atoms with Gasteiger partial charge in [0, 0.05) is 20.1 Å². The molecular weight excluding hydrogens is 364 g/mol. The number of benzene rings is 2. The molecule has 1 heterocycles. The van der Waals surface area contributed by atoms with Crippen molar-refractivity contribution < 1.29 is 4.79 Å². The molecule has 6 nitrogen and oxygen atoms in total. The molecule has 1 aromatic heterocycles. The molecule has 0 unspecified atom stereocenters. The predicted octanol–water partition coefficient (Wildman–Crippen LogP) is 3.61. The summed E-state index contributed by atoms with van der Waals surface area (Å²) in [6.07, 6.45) is 0. The topological polar surface area (TPSA) is 68.1 Å². The highest BCUT2D eigenvalue weighted by molar-refractivity contribution is 5.76. The van der Waals surface area contributed by atoms with Crippen LogP contribution in [-0.4, -0.2) is 21.7 Å². The highest BCUT2D eigenvalue weighted by atomic mass is 16.2. The Bertz CT molecular complexity index is 1120. The highest BCUT2D eigenvalue weighted by Gasteiger charge is 2.23. The first-order valence-corrected chi connectivity index (χ1v) is 9.67. The fourth-order valence-electron chi connectivity index (χ4n) is 3.43. The zero-order valence-corrected chi connectivity index (χ0v) is 17.5. The third-order valence-corrected chi connectivity index (χ3v) is 5.18. The van der Waals surface area contributed by atoms with Crippen molar-refractivity contribution in [3.05, 3.63) is 76.7 Å². The molecule has 0 spiro atoms. The van der Waals surface area contributed by atoms with E-state index in [2.05, 4.69) is 17.2 Å². The van der Waals surface area contributed by atoms with Gasteiger partial charge in [0.25, 0.3) is 0 Å². The van der Waals surface area contributed by atoms with Gasteiger partial charge < -0.3 is 10.6 Å². The van der Waals surface area contributed by atoms with Crippen molar-refractivity contribution in [3.63, 3.8) is 0 Å². The summed E-state index contributed by atoms with van der Waals surface area (Å²) in [5.74, 6) is 0. The largest absolute Gasteiger partial charge is 0.336 e. The smallest absolute Gasteiger partial charge is 0.328 e. The van der Waals surface area contributed by atoms with Crippen molar-refractivity contribution in [1.29, 1.82) is 0 Å². The number of hydrogen-bond acceptors (Lipinski definition) is 2. The van der Waals surface area contributed by atoms with Crippen LogP contribution in [0.4, 0.5) is 4.79 Å². The van der Waals surface area contributed by atoms with Crippen LogP contribution in [-0.2, 0) is 19.1 Å². The van der Waals surface area contributed by atoms with E-state index in [1.807, 2.05) is 69.3 Å². The molecule has 0 aliphatic heterocycles. The summed E-state index contributed by atoms with van der Waals surface area (Å²) < 4.78 is 3.30. The van der Waals surface area contributed by atoms with Gasteiger partial charge >= 0.3 is 11.7 Å². The van der Waals surface area contributed by atoms with Crippen molar-refractivity contribution in [1.82, 2.24) is 19.8 Å². The first-order valence-electron chi connectivity index (χ1n) is 9.67. The highest BCUT2D eigenvalue weighted by Crippen LogP contribution is 2.23. The van der Waals surface area contributed by atoms with E-state index in [4.69, 9.17) is 0 Å². The number of allylic oxidation sites excluding steroid dienone is 1. The van der Waals surface area contributed by atoms with Gasteiger partial charge in [-0.05, 0) is 50.1 Å². The van der Waals surface area contributed by atoms with Crippen LogP contribution >= 0.6 is 0 Å². The first kappa shape index (κ1) is 20.5. The number of amides is 2. The summed E-state index contributed by atoms with van der Waals surface area (Å²) >= 11 is 0. The number of para-hydroxylation sites is 2. The molecular formula is C23H28N4O2. The number of hydrogen-bond donors (Lipinski definition) is 2. The lowest BCUT2D eigenvalue weighted by Crippen LogP contribution is -2.47. The number of rotatable bonds is 6. The zero-order chi connectivity index (χ0) is 21.2. The Morgan fingerprint density at radius 3 is 2.48 bits per heavy atom. The molecule has 0 saturated heterocycles. The van der Waals surface area contributed by atoms with Crippen LogP contribution in [0.1, 0.15) is 31.9 Å². The van der Waals surface area contributed by atoms with Gasteiger partial charge in [-0.2, -0.15) is 0 Å². The van der Waals surface area contributed by atoms with Crippen LogP contribution in [0, 0.1) is 0 Å². The monoisotopic (exact) mass is 392 g/mol. The van der Waals surface area contributed by atoms with Crippen molar-refractivity contribution in [2.45, 2.75) is 32.9 Å². The SMILES string of the molecule is C=C(C)c1cccc(C(C)(C)NC(=O)NCCn2c(=O)n(C)c3ccccc32)c1. The van der Waals surface area contributed by atoms with Gasteiger partial charge in [0.1, 0.15) is 0 Å². The second-order valence-corrected chi connectivity index (χ2v) is 7.85. The Morgan fingerprint density at radius 1 is 1.10 bits per heavy atom. The first-order chi connectivity index (χ1) is 13.7. The molecule has 0 saturated carbocycles. The summed E-state index contributed by atoms with van der Waals surface area (Å²) in [6.45, 7) is 10.6. The van der Waals surface area contributed by atoms with Gasteiger partial charge in [0.2, 0.25) is 0 Å². The molecule has 3 aromatic rings. The molecule has 152 valence electrons. The molecule has 2 aromatic carbocycles. The number of nitrogens with one attached hydrogen (secondary N) is 2. The van der Waals surface area contributed by atoms with E-state index in [1.165, 1.54) is 0 Å². The van der Waals surface area contributed by atoms with Gasteiger partial charge in [-0.3, -0.25) is 9.13 Å². The van der Waals surface area contributed by atoms with E-state index in [0.29, 0.717) is 13.1 Å². The molecule has 0 radical (unpaired) electrons. The Morgan fingerprint density at radius 2 is 1.79 bits per heavy atom. The van der Waals surface area contributed by atoms with E-state index in [0.717, 1.165) is 27.7 Å². The summed E-state index contributed by atoms with van der Waals surface area (Å²) in [4.78, 5) is 24.9. The average Bonchev–Trinajstić information content (AvgIpc) is 2.93.